The topological polar surface area (TPSA) is 74.8 Å². The molecule has 3 aromatic rings. The summed E-state index contributed by atoms with van der Waals surface area (Å²) in [5.74, 6) is -0.690. The lowest BCUT2D eigenvalue weighted by Crippen LogP contribution is -1.97. The van der Waals surface area contributed by atoms with Crippen LogP contribution in [0, 0.1) is 6.92 Å². The fourth-order valence-corrected chi connectivity index (χ4v) is 2.84. The predicted octanol–water partition coefficient (Wildman–Crippen LogP) is 2.78. The van der Waals surface area contributed by atoms with E-state index in [9.17, 15) is 15.0 Å². The smallest absolute Gasteiger partial charge is 0.356 e. The van der Waals surface area contributed by atoms with Gasteiger partial charge in [-0.15, -0.1) is 11.3 Å². The molecule has 5 nitrogen and oxygen atoms in total. The van der Waals surface area contributed by atoms with E-state index < -0.39 is 5.97 Å². The molecule has 0 fully saturated rings. The maximum Gasteiger partial charge on any atom is 0.356 e. The summed E-state index contributed by atoms with van der Waals surface area (Å²) >= 11 is 1.50. The van der Waals surface area contributed by atoms with Gasteiger partial charge in [0, 0.05) is 4.88 Å². The third-order valence-corrected chi connectivity index (χ3v) is 3.80. The summed E-state index contributed by atoms with van der Waals surface area (Å²) in [5.41, 5.74) is 0.325. The molecule has 0 aliphatic heterocycles. The van der Waals surface area contributed by atoms with Gasteiger partial charge in [0.15, 0.2) is 17.4 Å². The van der Waals surface area contributed by atoms with Crippen LogP contribution in [0.2, 0.25) is 0 Å². The third-order valence-electron chi connectivity index (χ3n) is 2.80. The number of carbonyl (C=O) groups is 1. The van der Waals surface area contributed by atoms with Crippen molar-refractivity contribution in [3.63, 3.8) is 0 Å². The number of carboxylic acids is 1. The standard InChI is InChI=1S/C13H10N2O3S/c1-7-5-6-9(19-7)12-14-11(13(17)18)8-3-2-4-10(16)15(8)12/h2-6,16H,1H3,(H,17,18). The fourth-order valence-electron chi connectivity index (χ4n) is 2.00. The van der Waals surface area contributed by atoms with Crippen LogP contribution < -0.4 is 0 Å². The zero-order valence-electron chi connectivity index (χ0n) is 9.99. The molecule has 0 saturated heterocycles. The zero-order chi connectivity index (χ0) is 13.6. The lowest BCUT2D eigenvalue weighted by atomic mass is 10.3. The highest BCUT2D eigenvalue weighted by Gasteiger charge is 2.20. The van der Waals surface area contributed by atoms with Crippen LogP contribution in [-0.4, -0.2) is 25.6 Å². The highest BCUT2D eigenvalue weighted by Crippen LogP contribution is 2.31. The monoisotopic (exact) mass is 274 g/mol. The van der Waals surface area contributed by atoms with Gasteiger partial charge in [0.2, 0.25) is 0 Å². The molecule has 0 amide bonds. The van der Waals surface area contributed by atoms with Crippen LogP contribution in [0.5, 0.6) is 5.88 Å². The second-order valence-corrected chi connectivity index (χ2v) is 5.39. The molecule has 0 spiro atoms. The summed E-state index contributed by atoms with van der Waals surface area (Å²) in [6.45, 7) is 1.96. The van der Waals surface area contributed by atoms with Crippen LogP contribution in [0.1, 0.15) is 15.4 Å². The number of hydrogen-bond donors (Lipinski definition) is 2. The van der Waals surface area contributed by atoms with Crippen LogP contribution >= 0.6 is 11.3 Å². The van der Waals surface area contributed by atoms with Gasteiger partial charge in [-0.05, 0) is 31.2 Å². The Morgan fingerprint density at radius 2 is 2.11 bits per heavy atom. The Hall–Kier alpha value is -2.34. The summed E-state index contributed by atoms with van der Waals surface area (Å²) in [4.78, 5) is 17.3. The molecule has 19 heavy (non-hydrogen) atoms. The van der Waals surface area contributed by atoms with Gasteiger partial charge >= 0.3 is 5.97 Å². The molecule has 0 unspecified atom stereocenters. The number of aromatic carboxylic acids is 1. The number of rotatable bonds is 2. The van der Waals surface area contributed by atoms with Crippen molar-refractivity contribution in [2.45, 2.75) is 6.92 Å². The van der Waals surface area contributed by atoms with E-state index in [0.29, 0.717) is 11.3 Å². The van der Waals surface area contributed by atoms with E-state index in [1.165, 1.54) is 21.8 Å². The Bertz CT molecular complexity index is 788. The van der Waals surface area contributed by atoms with Gasteiger partial charge in [-0.25, -0.2) is 9.78 Å². The second-order valence-electron chi connectivity index (χ2n) is 4.10. The van der Waals surface area contributed by atoms with Gasteiger partial charge in [0.05, 0.1) is 10.4 Å². The van der Waals surface area contributed by atoms with Gasteiger partial charge in [-0.1, -0.05) is 6.07 Å². The minimum atomic E-state index is -1.11. The number of fused-ring (bicyclic) bond motifs is 1. The van der Waals surface area contributed by atoms with E-state index in [2.05, 4.69) is 4.98 Å². The van der Waals surface area contributed by atoms with Gasteiger partial charge in [0.25, 0.3) is 0 Å². The first-order valence-corrected chi connectivity index (χ1v) is 6.40. The molecule has 0 aromatic carbocycles. The summed E-state index contributed by atoms with van der Waals surface area (Å²) < 4.78 is 1.45. The van der Waals surface area contributed by atoms with Crippen molar-refractivity contribution in [3.05, 3.63) is 40.9 Å². The largest absolute Gasteiger partial charge is 0.494 e. The van der Waals surface area contributed by atoms with Gasteiger partial charge in [-0.3, -0.25) is 4.40 Å². The molecule has 2 N–H and O–H groups in total. The lowest BCUT2D eigenvalue weighted by Gasteiger charge is -2.01. The van der Waals surface area contributed by atoms with Crippen LogP contribution in [0.25, 0.3) is 16.2 Å². The van der Waals surface area contributed by atoms with E-state index in [0.717, 1.165) is 9.75 Å². The Morgan fingerprint density at radius 3 is 2.74 bits per heavy atom. The second kappa shape index (κ2) is 4.10. The van der Waals surface area contributed by atoms with Crippen molar-refractivity contribution < 1.29 is 15.0 Å². The number of carboxylic acid groups (broad SMARTS) is 1. The molecule has 3 aromatic heterocycles. The number of thiophene rings is 1. The van der Waals surface area contributed by atoms with Crippen molar-refractivity contribution in [2.75, 3.05) is 0 Å². The molecule has 6 heteroatoms. The first-order valence-electron chi connectivity index (χ1n) is 5.58. The summed E-state index contributed by atoms with van der Waals surface area (Å²) in [6, 6.07) is 8.53. The summed E-state index contributed by atoms with van der Waals surface area (Å²) in [6.07, 6.45) is 0. The number of nitrogens with zero attached hydrogens (tertiary/aromatic N) is 2. The Balaban J connectivity index is 2.39. The highest BCUT2D eigenvalue weighted by molar-refractivity contribution is 7.15. The van der Waals surface area contributed by atoms with Crippen molar-refractivity contribution in [3.8, 4) is 16.6 Å². The van der Waals surface area contributed by atoms with E-state index in [4.69, 9.17) is 0 Å². The average molecular weight is 274 g/mol. The van der Waals surface area contributed by atoms with Crippen molar-refractivity contribution in [2.24, 2.45) is 0 Å². The minimum Gasteiger partial charge on any atom is -0.494 e. The molecule has 0 saturated carbocycles. The molecule has 3 heterocycles. The summed E-state index contributed by atoms with van der Waals surface area (Å²) in [7, 11) is 0. The molecular weight excluding hydrogens is 264 g/mol. The van der Waals surface area contributed by atoms with E-state index in [-0.39, 0.29) is 11.6 Å². The van der Waals surface area contributed by atoms with Crippen LogP contribution in [-0.2, 0) is 0 Å². The van der Waals surface area contributed by atoms with Gasteiger partial charge < -0.3 is 10.2 Å². The number of aromatic nitrogens is 2. The van der Waals surface area contributed by atoms with Crippen molar-refractivity contribution in [1.29, 1.82) is 0 Å². The Kier molecular flexibility index (Phi) is 2.53. The molecule has 0 radical (unpaired) electrons. The Morgan fingerprint density at radius 1 is 1.32 bits per heavy atom. The van der Waals surface area contributed by atoms with Crippen LogP contribution in [0.4, 0.5) is 0 Å². The van der Waals surface area contributed by atoms with E-state index in [1.54, 1.807) is 12.1 Å². The van der Waals surface area contributed by atoms with E-state index in [1.807, 2.05) is 19.1 Å². The van der Waals surface area contributed by atoms with Gasteiger partial charge in [0.1, 0.15) is 0 Å². The fraction of sp³-hybridized carbons (Fsp3) is 0.0769. The number of imidazole rings is 1. The molecule has 0 bridgehead atoms. The minimum absolute atomic E-state index is 0.0291. The molecule has 0 aliphatic carbocycles. The quantitative estimate of drug-likeness (QED) is 0.753. The molecule has 0 aliphatic rings. The molecule has 96 valence electrons. The SMILES string of the molecule is Cc1ccc(-c2nc(C(=O)O)c3cccc(O)n23)s1. The van der Waals surface area contributed by atoms with Crippen LogP contribution in [0.15, 0.2) is 30.3 Å². The number of aromatic hydroxyl groups is 1. The predicted molar refractivity (Wildman–Crippen MR) is 71.9 cm³/mol. The molecule has 0 atom stereocenters. The zero-order valence-corrected chi connectivity index (χ0v) is 10.8. The number of aryl methyl sites for hydroxylation is 1. The lowest BCUT2D eigenvalue weighted by molar-refractivity contribution is 0.0693. The van der Waals surface area contributed by atoms with Crippen LogP contribution in [0.3, 0.4) is 0 Å². The number of hydrogen-bond acceptors (Lipinski definition) is 4. The van der Waals surface area contributed by atoms with Crippen molar-refractivity contribution >= 4 is 22.8 Å². The third kappa shape index (κ3) is 1.77. The van der Waals surface area contributed by atoms with Gasteiger partial charge in [-0.2, -0.15) is 0 Å². The first-order chi connectivity index (χ1) is 9.08. The Labute approximate surface area is 112 Å². The van der Waals surface area contributed by atoms with Crippen molar-refractivity contribution in [1.82, 2.24) is 9.38 Å². The first kappa shape index (κ1) is 11.7. The summed E-state index contributed by atoms with van der Waals surface area (Å²) in [5, 5.41) is 19.1. The maximum absolute atomic E-state index is 11.2. The normalized spacial score (nSPS) is 11.0. The maximum atomic E-state index is 11.2. The molecule has 3 rings (SSSR count). The highest BCUT2D eigenvalue weighted by atomic mass is 32.1. The van der Waals surface area contributed by atoms with E-state index >= 15 is 0 Å². The number of pyridine rings is 1. The average Bonchev–Trinajstić information content (AvgIpc) is 2.93. The molecular formula is C13H10N2O3S.